The van der Waals surface area contributed by atoms with Gasteiger partial charge >= 0.3 is 6.09 Å². The van der Waals surface area contributed by atoms with Gasteiger partial charge in [0.2, 0.25) is 0 Å². The van der Waals surface area contributed by atoms with E-state index in [4.69, 9.17) is 15.2 Å². The number of likely N-dealkylation sites (tertiary alicyclic amines) is 1. The van der Waals surface area contributed by atoms with E-state index in [0.29, 0.717) is 44.7 Å². The largest absolute Gasteiger partial charge is 0.492 e. The molecule has 0 unspecified atom stereocenters. The number of hydrogen-bond acceptors (Lipinski definition) is 4. The predicted molar refractivity (Wildman–Crippen MR) is 107 cm³/mol. The van der Waals surface area contributed by atoms with Gasteiger partial charge in [-0.2, -0.15) is 0 Å². The van der Waals surface area contributed by atoms with Gasteiger partial charge in [-0.05, 0) is 43.4 Å². The molecule has 0 spiro atoms. The first-order valence-electron chi connectivity index (χ1n) is 9.70. The molecule has 0 aliphatic carbocycles. The Balaban J connectivity index is 1.65. The minimum atomic E-state index is -0.240. The van der Waals surface area contributed by atoms with Gasteiger partial charge in [-0.1, -0.05) is 26.0 Å². The van der Waals surface area contributed by atoms with Crippen LogP contribution in [0.3, 0.4) is 0 Å². The van der Waals surface area contributed by atoms with E-state index in [1.807, 2.05) is 19.1 Å². The third kappa shape index (κ3) is 7.00. The quantitative estimate of drug-likeness (QED) is 0.434. The van der Waals surface area contributed by atoms with Gasteiger partial charge in [-0.15, -0.1) is 0 Å². The van der Waals surface area contributed by atoms with Crippen molar-refractivity contribution in [1.29, 1.82) is 0 Å². The number of guanidine groups is 1. The molecule has 3 N–H and O–H groups in total. The summed E-state index contributed by atoms with van der Waals surface area (Å²) in [7, 11) is 0. The first-order chi connectivity index (χ1) is 13.0. The molecular formula is C20H32N4O3. The number of nitrogens with zero attached hydrogens (tertiary/aromatic N) is 2. The maximum Gasteiger partial charge on any atom is 0.409 e. The van der Waals surface area contributed by atoms with E-state index in [9.17, 15) is 4.79 Å². The molecule has 1 saturated heterocycles. The Bertz CT molecular complexity index is 608. The highest BCUT2D eigenvalue weighted by atomic mass is 16.6. The first kappa shape index (κ1) is 20.9. The van der Waals surface area contributed by atoms with Crippen LogP contribution in [0.4, 0.5) is 4.79 Å². The lowest BCUT2D eigenvalue weighted by Gasteiger charge is -2.31. The maximum atomic E-state index is 11.7. The number of benzene rings is 1. The number of aliphatic imine (C=N–C) groups is 1. The van der Waals surface area contributed by atoms with Crippen molar-refractivity contribution in [2.45, 2.75) is 45.6 Å². The van der Waals surface area contributed by atoms with E-state index in [0.717, 1.165) is 18.6 Å². The number of nitrogens with two attached hydrogens (primary N) is 1. The van der Waals surface area contributed by atoms with E-state index < -0.39 is 0 Å². The van der Waals surface area contributed by atoms with Crippen molar-refractivity contribution in [1.82, 2.24) is 10.2 Å². The fraction of sp³-hybridized carbons (Fsp3) is 0.600. The number of carbonyl (C=O) groups is 1. The molecule has 1 aliphatic heterocycles. The minimum Gasteiger partial charge on any atom is -0.492 e. The molecule has 7 heteroatoms. The summed E-state index contributed by atoms with van der Waals surface area (Å²) < 4.78 is 10.7. The third-order valence-corrected chi connectivity index (χ3v) is 4.56. The molecule has 1 aromatic carbocycles. The molecule has 1 heterocycles. The Morgan fingerprint density at radius 1 is 1.30 bits per heavy atom. The molecule has 0 saturated carbocycles. The van der Waals surface area contributed by atoms with Crippen LogP contribution in [0.5, 0.6) is 5.75 Å². The number of nitrogens with one attached hydrogen (secondary N) is 1. The van der Waals surface area contributed by atoms with E-state index in [2.05, 4.69) is 36.3 Å². The van der Waals surface area contributed by atoms with Crippen molar-refractivity contribution < 1.29 is 14.3 Å². The Labute approximate surface area is 161 Å². The van der Waals surface area contributed by atoms with Gasteiger partial charge in [-0.3, -0.25) is 0 Å². The van der Waals surface area contributed by atoms with Gasteiger partial charge in [0.15, 0.2) is 5.96 Å². The zero-order valence-electron chi connectivity index (χ0n) is 16.6. The Morgan fingerprint density at radius 2 is 1.96 bits per heavy atom. The molecule has 1 fully saturated rings. The van der Waals surface area contributed by atoms with E-state index in [1.165, 1.54) is 5.56 Å². The van der Waals surface area contributed by atoms with Crippen molar-refractivity contribution >= 4 is 12.1 Å². The molecule has 2 rings (SSSR count). The van der Waals surface area contributed by atoms with Crippen LogP contribution in [0.1, 0.15) is 45.1 Å². The summed E-state index contributed by atoms with van der Waals surface area (Å²) in [4.78, 5) is 17.7. The second-order valence-electron chi connectivity index (χ2n) is 6.94. The SMILES string of the molecule is CCOC(=O)N1CCC(NC(N)=NCCOc2ccc(C(C)C)cc2)CC1. The number of rotatable bonds is 7. The predicted octanol–water partition coefficient (Wildman–Crippen LogP) is 2.71. The summed E-state index contributed by atoms with van der Waals surface area (Å²) in [5.74, 6) is 1.77. The highest BCUT2D eigenvalue weighted by Gasteiger charge is 2.23. The summed E-state index contributed by atoms with van der Waals surface area (Å²) >= 11 is 0. The molecule has 0 radical (unpaired) electrons. The fourth-order valence-corrected chi connectivity index (χ4v) is 2.95. The van der Waals surface area contributed by atoms with E-state index in [-0.39, 0.29) is 12.1 Å². The Morgan fingerprint density at radius 3 is 2.56 bits per heavy atom. The summed E-state index contributed by atoms with van der Waals surface area (Å²) in [5.41, 5.74) is 7.25. The van der Waals surface area contributed by atoms with Crippen LogP contribution in [-0.2, 0) is 4.74 Å². The van der Waals surface area contributed by atoms with Gasteiger partial charge in [0.25, 0.3) is 0 Å². The second-order valence-corrected chi connectivity index (χ2v) is 6.94. The van der Waals surface area contributed by atoms with Crippen LogP contribution in [0.2, 0.25) is 0 Å². The molecule has 27 heavy (non-hydrogen) atoms. The average molecular weight is 377 g/mol. The first-order valence-corrected chi connectivity index (χ1v) is 9.70. The van der Waals surface area contributed by atoms with Crippen LogP contribution in [0.25, 0.3) is 0 Å². The molecule has 7 nitrogen and oxygen atoms in total. The smallest absolute Gasteiger partial charge is 0.409 e. The van der Waals surface area contributed by atoms with Crippen LogP contribution in [0, 0.1) is 0 Å². The molecule has 1 aromatic rings. The lowest BCUT2D eigenvalue weighted by molar-refractivity contribution is 0.0963. The zero-order chi connectivity index (χ0) is 19.6. The zero-order valence-corrected chi connectivity index (χ0v) is 16.6. The van der Waals surface area contributed by atoms with Crippen LogP contribution < -0.4 is 15.8 Å². The van der Waals surface area contributed by atoms with Gasteiger partial charge in [0.1, 0.15) is 12.4 Å². The molecule has 0 atom stereocenters. The number of carbonyl (C=O) groups excluding carboxylic acids is 1. The van der Waals surface area contributed by atoms with Crippen molar-refractivity contribution in [2.24, 2.45) is 10.7 Å². The normalized spacial score (nSPS) is 15.7. The fourth-order valence-electron chi connectivity index (χ4n) is 2.95. The lowest BCUT2D eigenvalue weighted by atomic mass is 10.0. The van der Waals surface area contributed by atoms with Crippen molar-refractivity contribution in [2.75, 3.05) is 32.8 Å². The molecular weight excluding hydrogens is 344 g/mol. The highest BCUT2D eigenvalue weighted by molar-refractivity contribution is 5.78. The van der Waals surface area contributed by atoms with Crippen molar-refractivity contribution in [3.63, 3.8) is 0 Å². The number of hydrogen-bond donors (Lipinski definition) is 2. The van der Waals surface area contributed by atoms with E-state index >= 15 is 0 Å². The lowest BCUT2D eigenvalue weighted by Crippen LogP contribution is -2.48. The number of amides is 1. The Hall–Kier alpha value is -2.44. The molecule has 1 aliphatic rings. The molecule has 1 amide bonds. The summed E-state index contributed by atoms with van der Waals surface area (Å²) in [6.07, 6.45) is 1.41. The molecule has 150 valence electrons. The number of ether oxygens (including phenoxy) is 2. The van der Waals surface area contributed by atoms with Crippen molar-refractivity contribution in [3.8, 4) is 5.75 Å². The van der Waals surface area contributed by atoms with Crippen LogP contribution in [-0.4, -0.2) is 55.8 Å². The highest BCUT2D eigenvalue weighted by Crippen LogP contribution is 2.18. The van der Waals surface area contributed by atoms with Gasteiger partial charge < -0.3 is 25.4 Å². The average Bonchev–Trinajstić information content (AvgIpc) is 2.66. The minimum absolute atomic E-state index is 0.226. The van der Waals surface area contributed by atoms with Gasteiger partial charge in [0, 0.05) is 19.1 Å². The summed E-state index contributed by atoms with van der Waals surface area (Å²) in [6, 6.07) is 8.36. The maximum absolute atomic E-state index is 11.7. The molecule has 0 aromatic heterocycles. The van der Waals surface area contributed by atoms with Crippen LogP contribution >= 0.6 is 0 Å². The van der Waals surface area contributed by atoms with Crippen molar-refractivity contribution in [3.05, 3.63) is 29.8 Å². The summed E-state index contributed by atoms with van der Waals surface area (Å²) in [6.45, 7) is 8.85. The second kappa shape index (κ2) is 10.6. The van der Waals surface area contributed by atoms with E-state index in [1.54, 1.807) is 4.90 Å². The number of piperidine rings is 1. The van der Waals surface area contributed by atoms with Crippen LogP contribution in [0.15, 0.2) is 29.3 Å². The topological polar surface area (TPSA) is 89.2 Å². The van der Waals surface area contributed by atoms with Gasteiger partial charge in [0.05, 0.1) is 13.2 Å². The standard InChI is InChI=1S/C20H32N4O3/c1-4-26-20(25)24-12-9-17(10-13-24)23-19(21)22-11-14-27-18-7-5-16(6-8-18)15(2)3/h5-8,15,17H,4,9-14H2,1-3H3,(H3,21,22,23). The Kier molecular flexibility index (Phi) is 8.23. The monoisotopic (exact) mass is 376 g/mol. The molecule has 0 bridgehead atoms. The third-order valence-electron chi connectivity index (χ3n) is 4.56. The summed E-state index contributed by atoms with van der Waals surface area (Å²) in [5, 5.41) is 3.22. The van der Waals surface area contributed by atoms with Gasteiger partial charge in [-0.25, -0.2) is 9.79 Å².